The Morgan fingerprint density at radius 3 is 2.59 bits per heavy atom. The number of hydrogen-bond acceptors (Lipinski definition) is 3. The normalized spacial score (nSPS) is 12.6. The molecule has 17 heavy (non-hydrogen) atoms. The Hall–Kier alpha value is -0.900. The smallest absolute Gasteiger partial charge is 0.146 e. The molecule has 0 heterocycles. The van der Waals surface area contributed by atoms with Gasteiger partial charge in [-0.3, -0.25) is 0 Å². The maximum atomic E-state index is 5.47. The zero-order valence-electron chi connectivity index (χ0n) is 10.9. The molecule has 0 aliphatic carbocycles. The molecular weight excluding hydrogens is 216 g/mol. The van der Waals surface area contributed by atoms with E-state index >= 15 is 0 Å². The van der Waals surface area contributed by atoms with Gasteiger partial charge in [0.15, 0.2) is 0 Å². The molecule has 0 fully saturated rings. The fraction of sp³-hybridized carbons (Fsp3) is 0.571. The van der Waals surface area contributed by atoms with Gasteiger partial charge in [0.2, 0.25) is 0 Å². The molecule has 96 valence electrons. The summed E-state index contributed by atoms with van der Waals surface area (Å²) in [6.07, 6.45) is 0. The number of methoxy groups -OCH3 is 1. The molecule has 3 heteroatoms. The first-order valence-corrected chi connectivity index (χ1v) is 5.95. The molecule has 0 bridgehead atoms. The lowest BCUT2D eigenvalue weighted by molar-refractivity contribution is -0.0684. The maximum Gasteiger partial charge on any atom is 0.146 e. The van der Waals surface area contributed by atoms with E-state index in [1.807, 2.05) is 0 Å². The van der Waals surface area contributed by atoms with Crippen LogP contribution in [0.3, 0.4) is 0 Å². The molecule has 1 atom stereocenters. The van der Waals surface area contributed by atoms with Crippen molar-refractivity contribution in [3.63, 3.8) is 0 Å². The molecule has 0 radical (unpaired) electrons. The third kappa shape index (κ3) is 5.31. The van der Waals surface area contributed by atoms with Gasteiger partial charge in [-0.15, -0.1) is 0 Å². The summed E-state index contributed by atoms with van der Waals surface area (Å²) in [6, 6.07) is 8.39. The second-order valence-corrected chi connectivity index (χ2v) is 4.15. The zero-order chi connectivity index (χ0) is 12.5. The van der Waals surface area contributed by atoms with Gasteiger partial charge in [0, 0.05) is 13.0 Å². The molecule has 1 unspecified atom stereocenters. The summed E-state index contributed by atoms with van der Waals surface area (Å²) in [7, 11) is 1.66. The highest BCUT2D eigenvalue weighted by Gasteiger charge is 2.07. The molecule has 0 N–H and O–H groups in total. The average molecular weight is 238 g/mol. The van der Waals surface area contributed by atoms with Gasteiger partial charge in [0.05, 0.1) is 19.8 Å². The van der Waals surface area contributed by atoms with Crippen LogP contribution in [0.4, 0.5) is 0 Å². The van der Waals surface area contributed by atoms with E-state index in [9.17, 15) is 0 Å². The van der Waals surface area contributed by atoms with Crippen LogP contribution >= 0.6 is 0 Å². The second-order valence-electron chi connectivity index (χ2n) is 4.15. The topological polar surface area (TPSA) is 27.7 Å². The standard InChI is InChI=1S/C14H22O3/c1-12-6-4-5-7-14(12)13(2)10-17-11-16-9-8-15-3/h4-7,13H,8-11H2,1-3H3. The lowest BCUT2D eigenvalue weighted by Crippen LogP contribution is -2.10. The summed E-state index contributed by atoms with van der Waals surface area (Å²) in [6.45, 7) is 6.49. The van der Waals surface area contributed by atoms with E-state index in [0.717, 1.165) is 0 Å². The van der Waals surface area contributed by atoms with Gasteiger partial charge in [0.25, 0.3) is 0 Å². The van der Waals surface area contributed by atoms with Gasteiger partial charge < -0.3 is 14.2 Å². The maximum absolute atomic E-state index is 5.47. The average Bonchev–Trinajstić information content (AvgIpc) is 2.34. The summed E-state index contributed by atoms with van der Waals surface area (Å²) < 4.78 is 15.6. The minimum Gasteiger partial charge on any atom is -0.382 e. The largest absolute Gasteiger partial charge is 0.382 e. The van der Waals surface area contributed by atoms with Gasteiger partial charge in [-0.05, 0) is 18.1 Å². The second kappa shape index (κ2) is 8.23. The molecule has 1 rings (SSSR count). The summed E-state index contributed by atoms with van der Waals surface area (Å²) in [5, 5.41) is 0. The lowest BCUT2D eigenvalue weighted by Gasteiger charge is -2.14. The first kappa shape index (κ1) is 14.2. The molecule has 0 spiro atoms. The van der Waals surface area contributed by atoms with E-state index in [-0.39, 0.29) is 0 Å². The first-order chi connectivity index (χ1) is 8.25. The number of benzene rings is 1. The van der Waals surface area contributed by atoms with E-state index in [1.54, 1.807) is 7.11 Å². The summed E-state index contributed by atoms with van der Waals surface area (Å²) in [5.41, 5.74) is 2.65. The predicted molar refractivity (Wildman–Crippen MR) is 68.2 cm³/mol. The third-order valence-corrected chi connectivity index (χ3v) is 2.69. The van der Waals surface area contributed by atoms with Crippen LogP contribution in [0, 0.1) is 6.92 Å². The zero-order valence-corrected chi connectivity index (χ0v) is 10.9. The Balaban J connectivity index is 2.21. The van der Waals surface area contributed by atoms with Crippen LogP contribution < -0.4 is 0 Å². The van der Waals surface area contributed by atoms with Crippen LogP contribution in [0.1, 0.15) is 24.0 Å². The fourth-order valence-electron chi connectivity index (χ4n) is 1.71. The van der Waals surface area contributed by atoms with Crippen molar-refractivity contribution in [2.75, 3.05) is 33.7 Å². The van der Waals surface area contributed by atoms with E-state index in [1.165, 1.54) is 11.1 Å². The molecular formula is C14H22O3. The minimum atomic E-state index is 0.333. The summed E-state index contributed by atoms with van der Waals surface area (Å²) in [5.74, 6) is 0.391. The van der Waals surface area contributed by atoms with Crippen molar-refractivity contribution < 1.29 is 14.2 Å². The first-order valence-electron chi connectivity index (χ1n) is 5.95. The van der Waals surface area contributed by atoms with Gasteiger partial charge >= 0.3 is 0 Å². The van der Waals surface area contributed by atoms with E-state index in [4.69, 9.17) is 14.2 Å². The Morgan fingerprint density at radius 2 is 1.88 bits per heavy atom. The van der Waals surface area contributed by atoms with Crippen LogP contribution in [0.15, 0.2) is 24.3 Å². The Kier molecular flexibility index (Phi) is 6.86. The quantitative estimate of drug-likeness (QED) is 0.515. The molecule has 0 aromatic heterocycles. The summed E-state index contributed by atoms with van der Waals surface area (Å²) >= 11 is 0. The number of hydrogen-bond donors (Lipinski definition) is 0. The van der Waals surface area contributed by atoms with Crippen molar-refractivity contribution in [2.24, 2.45) is 0 Å². The monoisotopic (exact) mass is 238 g/mol. The molecule has 0 aliphatic rings. The van der Waals surface area contributed by atoms with Crippen LogP contribution in [0.2, 0.25) is 0 Å². The highest BCUT2D eigenvalue weighted by atomic mass is 16.7. The van der Waals surface area contributed by atoms with E-state index < -0.39 is 0 Å². The highest BCUT2D eigenvalue weighted by Crippen LogP contribution is 2.19. The molecule has 1 aromatic carbocycles. The number of aryl methyl sites for hydroxylation is 1. The molecule has 0 saturated carbocycles. The number of rotatable bonds is 8. The van der Waals surface area contributed by atoms with Crippen molar-refractivity contribution in [3.05, 3.63) is 35.4 Å². The van der Waals surface area contributed by atoms with Crippen molar-refractivity contribution in [1.29, 1.82) is 0 Å². The Labute approximate surface area is 104 Å². The van der Waals surface area contributed by atoms with E-state index in [2.05, 4.69) is 38.1 Å². The van der Waals surface area contributed by atoms with Crippen molar-refractivity contribution in [3.8, 4) is 0 Å². The van der Waals surface area contributed by atoms with Crippen LogP contribution in [-0.2, 0) is 14.2 Å². The van der Waals surface area contributed by atoms with Crippen molar-refractivity contribution >= 4 is 0 Å². The van der Waals surface area contributed by atoms with Gasteiger partial charge in [-0.2, -0.15) is 0 Å². The Bertz CT molecular complexity index is 312. The van der Waals surface area contributed by atoms with Gasteiger partial charge in [-0.1, -0.05) is 31.2 Å². The predicted octanol–water partition coefficient (Wildman–Crippen LogP) is 2.74. The molecule has 0 saturated heterocycles. The molecule has 0 aliphatic heterocycles. The minimum absolute atomic E-state index is 0.333. The lowest BCUT2D eigenvalue weighted by atomic mass is 9.97. The molecule has 3 nitrogen and oxygen atoms in total. The van der Waals surface area contributed by atoms with Crippen LogP contribution in [0.25, 0.3) is 0 Å². The molecule has 1 aromatic rings. The van der Waals surface area contributed by atoms with Crippen molar-refractivity contribution in [2.45, 2.75) is 19.8 Å². The SMILES string of the molecule is COCCOCOCC(C)c1ccccc1C. The van der Waals surface area contributed by atoms with Crippen LogP contribution in [-0.4, -0.2) is 33.7 Å². The highest BCUT2D eigenvalue weighted by molar-refractivity contribution is 5.28. The number of ether oxygens (including phenoxy) is 3. The Morgan fingerprint density at radius 1 is 1.12 bits per heavy atom. The summed E-state index contributed by atoms with van der Waals surface area (Å²) in [4.78, 5) is 0. The van der Waals surface area contributed by atoms with Crippen molar-refractivity contribution in [1.82, 2.24) is 0 Å². The van der Waals surface area contributed by atoms with E-state index in [0.29, 0.717) is 32.5 Å². The third-order valence-electron chi connectivity index (χ3n) is 2.69. The van der Waals surface area contributed by atoms with Crippen LogP contribution in [0.5, 0.6) is 0 Å². The van der Waals surface area contributed by atoms with Gasteiger partial charge in [-0.25, -0.2) is 0 Å². The van der Waals surface area contributed by atoms with Gasteiger partial charge in [0.1, 0.15) is 6.79 Å². The fourth-order valence-corrected chi connectivity index (χ4v) is 1.71. The molecule has 0 amide bonds.